The molecule has 3 aromatic carbocycles. The lowest BCUT2D eigenvalue weighted by atomic mass is 9.97. The van der Waals surface area contributed by atoms with E-state index < -0.39 is 0 Å². The standard InChI is InChI=1S/C28H29NO3S/c1-3-29(4-2)17-8-18-32-23-14-11-20(12-15-23)27(31)26-24-16-13-22(30)19-25(24)33-28(26)21-9-6-5-7-10-21/h5-7,9-16,19,30H,3-4,8,17-18H2,1-2H3. The molecule has 5 heteroatoms. The van der Waals surface area contributed by atoms with Gasteiger partial charge in [-0.1, -0.05) is 44.2 Å². The number of ketones is 1. The van der Waals surface area contributed by atoms with E-state index in [0.29, 0.717) is 17.7 Å². The van der Waals surface area contributed by atoms with Gasteiger partial charge in [-0.05, 0) is 67.5 Å². The fraction of sp³-hybridized carbons (Fsp3) is 0.250. The molecule has 0 aliphatic carbocycles. The first-order chi connectivity index (χ1) is 16.1. The number of hydrogen-bond donors (Lipinski definition) is 1. The second-order valence-electron chi connectivity index (χ2n) is 7.94. The number of rotatable bonds is 10. The highest BCUT2D eigenvalue weighted by molar-refractivity contribution is 7.22. The van der Waals surface area contributed by atoms with Crippen LogP contribution in [-0.2, 0) is 0 Å². The van der Waals surface area contributed by atoms with Crippen LogP contribution >= 0.6 is 11.3 Å². The molecular formula is C28H29NO3S. The van der Waals surface area contributed by atoms with Crippen LogP contribution in [0, 0.1) is 0 Å². The number of carbonyl (C=O) groups is 1. The topological polar surface area (TPSA) is 49.8 Å². The largest absolute Gasteiger partial charge is 0.508 e. The summed E-state index contributed by atoms with van der Waals surface area (Å²) < 4.78 is 6.78. The lowest BCUT2D eigenvalue weighted by molar-refractivity contribution is 0.104. The average molecular weight is 460 g/mol. The van der Waals surface area contributed by atoms with Crippen LogP contribution in [0.2, 0.25) is 0 Å². The summed E-state index contributed by atoms with van der Waals surface area (Å²) >= 11 is 1.53. The van der Waals surface area contributed by atoms with Crippen LogP contribution in [0.15, 0.2) is 72.8 Å². The number of aromatic hydroxyl groups is 1. The van der Waals surface area contributed by atoms with Gasteiger partial charge >= 0.3 is 0 Å². The minimum absolute atomic E-state index is 0.0288. The van der Waals surface area contributed by atoms with E-state index in [1.54, 1.807) is 12.1 Å². The number of ether oxygens (including phenoxy) is 1. The highest BCUT2D eigenvalue weighted by Gasteiger charge is 2.21. The lowest BCUT2D eigenvalue weighted by Gasteiger charge is -2.17. The summed E-state index contributed by atoms with van der Waals surface area (Å²) in [5, 5.41) is 10.8. The highest BCUT2D eigenvalue weighted by atomic mass is 32.1. The minimum Gasteiger partial charge on any atom is -0.508 e. The molecule has 0 bridgehead atoms. The molecule has 4 rings (SSSR count). The summed E-state index contributed by atoms with van der Waals surface area (Å²) in [7, 11) is 0. The number of carbonyl (C=O) groups excluding carboxylic acids is 1. The summed E-state index contributed by atoms with van der Waals surface area (Å²) in [4.78, 5) is 16.9. The van der Waals surface area contributed by atoms with E-state index in [1.165, 1.54) is 11.3 Å². The van der Waals surface area contributed by atoms with Gasteiger partial charge in [0, 0.05) is 32.6 Å². The van der Waals surface area contributed by atoms with Gasteiger partial charge in [-0.2, -0.15) is 0 Å². The Bertz CT molecular complexity index is 1210. The summed E-state index contributed by atoms with van der Waals surface area (Å²) in [6.45, 7) is 8.11. The molecule has 1 heterocycles. The van der Waals surface area contributed by atoms with Crippen LogP contribution in [-0.4, -0.2) is 42.0 Å². The van der Waals surface area contributed by atoms with E-state index in [4.69, 9.17) is 4.74 Å². The first-order valence-corrected chi connectivity index (χ1v) is 12.2. The van der Waals surface area contributed by atoms with E-state index >= 15 is 0 Å². The molecule has 0 saturated heterocycles. The molecule has 4 nitrogen and oxygen atoms in total. The molecule has 0 spiro atoms. The van der Waals surface area contributed by atoms with Gasteiger partial charge < -0.3 is 14.7 Å². The fourth-order valence-corrected chi connectivity index (χ4v) is 5.21. The minimum atomic E-state index is -0.0288. The van der Waals surface area contributed by atoms with Crippen molar-refractivity contribution in [1.29, 1.82) is 0 Å². The number of phenols is 1. The molecule has 1 aromatic heterocycles. The van der Waals surface area contributed by atoms with Gasteiger partial charge in [-0.15, -0.1) is 11.3 Å². The number of benzene rings is 3. The predicted molar refractivity (Wildman–Crippen MR) is 137 cm³/mol. The SMILES string of the molecule is CCN(CC)CCCOc1ccc(C(=O)c2c(-c3ccccc3)sc3cc(O)ccc23)cc1. The molecule has 33 heavy (non-hydrogen) atoms. The van der Waals surface area contributed by atoms with Crippen molar-refractivity contribution < 1.29 is 14.6 Å². The van der Waals surface area contributed by atoms with Crippen LogP contribution in [0.4, 0.5) is 0 Å². The fourth-order valence-electron chi connectivity index (χ4n) is 3.97. The summed E-state index contributed by atoms with van der Waals surface area (Å²) in [5.41, 5.74) is 2.29. The molecule has 0 radical (unpaired) electrons. The Labute approximate surface area is 199 Å². The van der Waals surface area contributed by atoms with E-state index in [9.17, 15) is 9.90 Å². The van der Waals surface area contributed by atoms with Crippen molar-refractivity contribution in [2.75, 3.05) is 26.2 Å². The smallest absolute Gasteiger partial charge is 0.195 e. The van der Waals surface area contributed by atoms with Crippen molar-refractivity contribution in [2.45, 2.75) is 20.3 Å². The molecular weight excluding hydrogens is 430 g/mol. The van der Waals surface area contributed by atoms with Crippen LogP contribution in [0.1, 0.15) is 36.2 Å². The predicted octanol–water partition coefficient (Wildman–Crippen LogP) is 6.62. The van der Waals surface area contributed by atoms with Gasteiger partial charge in [0.05, 0.1) is 6.61 Å². The third-order valence-electron chi connectivity index (χ3n) is 5.83. The Hall–Kier alpha value is -3.15. The van der Waals surface area contributed by atoms with Crippen molar-refractivity contribution in [1.82, 2.24) is 4.90 Å². The number of thiophene rings is 1. The van der Waals surface area contributed by atoms with E-state index in [-0.39, 0.29) is 11.5 Å². The molecule has 0 amide bonds. The lowest BCUT2D eigenvalue weighted by Crippen LogP contribution is -2.25. The maximum Gasteiger partial charge on any atom is 0.195 e. The van der Waals surface area contributed by atoms with E-state index in [1.807, 2.05) is 60.7 Å². The van der Waals surface area contributed by atoms with Gasteiger partial charge in [-0.3, -0.25) is 4.79 Å². The molecule has 0 aliphatic heterocycles. The summed E-state index contributed by atoms with van der Waals surface area (Å²) in [6, 6.07) is 22.5. The molecule has 170 valence electrons. The molecule has 0 fully saturated rings. The van der Waals surface area contributed by atoms with E-state index in [0.717, 1.165) is 52.3 Å². The monoisotopic (exact) mass is 459 g/mol. The van der Waals surface area contributed by atoms with Crippen LogP contribution < -0.4 is 4.74 Å². The van der Waals surface area contributed by atoms with Gasteiger partial charge in [-0.25, -0.2) is 0 Å². The Morgan fingerprint density at radius 3 is 2.39 bits per heavy atom. The maximum absolute atomic E-state index is 13.6. The van der Waals surface area contributed by atoms with Crippen molar-refractivity contribution in [2.24, 2.45) is 0 Å². The quantitative estimate of drug-likeness (QED) is 0.214. The number of fused-ring (bicyclic) bond motifs is 1. The van der Waals surface area contributed by atoms with E-state index in [2.05, 4.69) is 18.7 Å². The first-order valence-electron chi connectivity index (χ1n) is 11.4. The average Bonchev–Trinajstić information content (AvgIpc) is 3.23. The second kappa shape index (κ2) is 10.6. The maximum atomic E-state index is 13.6. The highest BCUT2D eigenvalue weighted by Crippen LogP contribution is 2.41. The van der Waals surface area contributed by atoms with Crippen LogP contribution in [0.5, 0.6) is 11.5 Å². The van der Waals surface area contributed by atoms with Gasteiger partial charge in [0.2, 0.25) is 0 Å². The second-order valence-corrected chi connectivity index (χ2v) is 8.99. The molecule has 4 aromatic rings. The zero-order chi connectivity index (χ0) is 23.2. The van der Waals surface area contributed by atoms with Gasteiger partial charge in [0.25, 0.3) is 0 Å². The zero-order valence-electron chi connectivity index (χ0n) is 19.1. The number of hydrogen-bond acceptors (Lipinski definition) is 5. The Balaban J connectivity index is 1.56. The van der Waals surface area contributed by atoms with Gasteiger partial charge in [0.15, 0.2) is 5.78 Å². The molecule has 0 unspecified atom stereocenters. The Morgan fingerprint density at radius 1 is 0.970 bits per heavy atom. The molecule has 0 atom stereocenters. The number of phenolic OH excluding ortho intramolecular Hbond substituents is 1. The zero-order valence-corrected chi connectivity index (χ0v) is 19.9. The van der Waals surface area contributed by atoms with Crippen molar-refractivity contribution in [3.8, 4) is 21.9 Å². The van der Waals surface area contributed by atoms with Crippen molar-refractivity contribution >= 4 is 27.2 Å². The van der Waals surface area contributed by atoms with Crippen LogP contribution in [0.3, 0.4) is 0 Å². The third kappa shape index (κ3) is 5.27. The third-order valence-corrected chi connectivity index (χ3v) is 7.04. The summed E-state index contributed by atoms with van der Waals surface area (Å²) in [6.07, 6.45) is 0.969. The van der Waals surface area contributed by atoms with Crippen molar-refractivity contribution in [3.05, 3.63) is 83.9 Å². The summed E-state index contributed by atoms with van der Waals surface area (Å²) in [5.74, 6) is 0.943. The number of nitrogens with zero attached hydrogens (tertiary/aromatic N) is 1. The Morgan fingerprint density at radius 2 is 1.70 bits per heavy atom. The van der Waals surface area contributed by atoms with Crippen molar-refractivity contribution in [3.63, 3.8) is 0 Å². The van der Waals surface area contributed by atoms with Crippen LogP contribution in [0.25, 0.3) is 20.5 Å². The normalized spacial score (nSPS) is 11.2. The molecule has 0 aliphatic rings. The van der Waals surface area contributed by atoms with Gasteiger partial charge in [0.1, 0.15) is 11.5 Å². The first kappa shape index (κ1) is 23.0. The molecule has 1 N–H and O–H groups in total. The molecule has 0 saturated carbocycles. The Kier molecular flexibility index (Phi) is 7.43.